The lowest BCUT2D eigenvalue weighted by atomic mass is 10.2. The van der Waals surface area contributed by atoms with Crippen LogP contribution >= 0.6 is 0 Å². The monoisotopic (exact) mass is 226 g/mol. The van der Waals surface area contributed by atoms with Gasteiger partial charge in [-0.15, -0.1) is 0 Å². The van der Waals surface area contributed by atoms with Crippen LogP contribution in [0.2, 0.25) is 0 Å². The molecule has 0 heterocycles. The number of ether oxygens (including phenoxy) is 2. The molecule has 0 radical (unpaired) electrons. The van der Waals surface area contributed by atoms with E-state index in [0.29, 0.717) is 19.1 Å². The molecule has 0 fully saturated rings. The summed E-state index contributed by atoms with van der Waals surface area (Å²) in [5, 5.41) is 9.51. The normalized spacial score (nSPS) is 13.2. The van der Waals surface area contributed by atoms with Crippen LogP contribution in [0.15, 0.2) is 12.2 Å². The van der Waals surface area contributed by atoms with Crippen molar-refractivity contribution in [2.24, 2.45) is 5.92 Å². The molecule has 1 atom stereocenters. The molecule has 0 aromatic carbocycles. The minimum atomic E-state index is -0.759. The van der Waals surface area contributed by atoms with E-state index in [-0.39, 0.29) is 0 Å². The minimum Gasteiger partial charge on any atom is -0.377 e. The van der Waals surface area contributed by atoms with E-state index in [4.69, 9.17) is 9.47 Å². The molecule has 0 saturated carbocycles. The number of hydrogen-bond acceptors (Lipinski definition) is 3. The molecular weight excluding hydrogens is 204 g/mol. The molecular formula is C13H22O3. The molecule has 0 rings (SSSR count). The van der Waals surface area contributed by atoms with Gasteiger partial charge in [-0.3, -0.25) is 0 Å². The third-order valence-electron chi connectivity index (χ3n) is 1.66. The van der Waals surface area contributed by atoms with E-state index in [1.54, 1.807) is 6.08 Å². The predicted octanol–water partition coefficient (Wildman–Crippen LogP) is 1.96. The van der Waals surface area contributed by atoms with E-state index in [2.05, 4.69) is 11.8 Å². The molecule has 0 aromatic heterocycles. The fraction of sp³-hybridized carbons (Fsp3) is 0.692. The van der Waals surface area contributed by atoms with Crippen molar-refractivity contribution in [3.8, 4) is 11.8 Å². The van der Waals surface area contributed by atoms with E-state index in [1.807, 2.05) is 33.8 Å². The Morgan fingerprint density at radius 3 is 2.06 bits per heavy atom. The maximum atomic E-state index is 9.51. The molecule has 0 bridgehead atoms. The maximum Gasteiger partial charge on any atom is 0.222 e. The summed E-state index contributed by atoms with van der Waals surface area (Å²) in [4.78, 5) is 0. The first kappa shape index (κ1) is 15.2. The first-order valence-electron chi connectivity index (χ1n) is 5.70. The van der Waals surface area contributed by atoms with Crippen molar-refractivity contribution in [3.05, 3.63) is 12.2 Å². The van der Waals surface area contributed by atoms with Crippen LogP contribution in [-0.2, 0) is 9.47 Å². The molecule has 0 unspecified atom stereocenters. The third kappa shape index (κ3) is 8.49. The minimum absolute atomic E-state index is 0.408. The predicted molar refractivity (Wildman–Crippen MR) is 64.8 cm³/mol. The van der Waals surface area contributed by atoms with E-state index in [0.717, 1.165) is 0 Å². The first-order valence-corrected chi connectivity index (χ1v) is 5.70. The van der Waals surface area contributed by atoms with Crippen molar-refractivity contribution in [1.82, 2.24) is 0 Å². The van der Waals surface area contributed by atoms with Crippen LogP contribution in [0.25, 0.3) is 0 Å². The summed E-state index contributed by atoms with van der Waals surface area (Å²) in [6.45, 7) is 8.92. The third-order valence-corrected chi connectivity index (χ3v) is 1.66. The van der Waals surface area contributed by atoms with E-state index in [1.165, 1.54) is 0 Å². The molecule has 0 aliphatic heterocycles. The van der Waals surface area contributed by atoms with Gasteiger partial charge in [0.1, 0.15) is 6.10 Å². The molecule has 92 valence electrons. The highest BCUT2D eigenvalue weighted by Gasteiger charge is 2.02. The number of rotatable bonds is 6. The summed E-state index contributed by atoms with van der Waals surface area (Å²) in [7, 11) is 0. The number of hydrogen-bond donors (Lipinski definition) is 1. The smallest absolute Gasteiger partial charge is 0.222 e. The Kier molecular flexibility index (Phi) is 8.93. The van der Waals surface area contributed by atoms with Crippen molar-refractivity contribution in [3.63, 3.8) is 0 Å². The summed E-state index contributed by atoms with van der Waals surface area (Å²) >= 11 is 0. The lowest BCUT2D eigenvalue weighted by Crippen LogP contribution is -2.15. The van der Waals surface area contributed by atoms with Gasteiger partial charge in [0.15, 0.2) is 0 Å². The van der Waals surface area contributed by atoms with E-state index >= 15 is 0 Å². The van der Waals surface area contributed by atoms with Gasteiger partial charge in [0.25, 0.3) is 0 Å². The maximum absolute atomic E-state index is 9.51. The molecule has 0 spiro atoms. The average Bonchev–Trinajstić information content (AvgIpc) is 2.23. The molecule has 3 nitrogen and oxygen atoms in total. The van der Waals surface area contributed by atoms with E-state index in [9.17, 15) is 5.11 Å². The van der Waals surface area contributed by atoms with Gasteiger partial charge in [0.2, 0.25) is 6.29 Å². The zero-order valence-corrected chi connectivity index (χ0v) is 10.6. The summed E-state index contributed by atoms with van der Waals surface area (Å²) in [6.07, 6.45) is 2.28. The second-order valence-corrected chi connectivity index (χ2v) is 3.61. The van der Waals surface area contributed by atoms with Gasteiger partial charge in [-0.25, -0.2) is 0 Å². The Labute approximate surface area is 98.4 Å². The average molecular weight is 226 g/mol. The highest BCUT2D eigenvalue weighted by Crippen LogP contribution is 1.97. The van der Waals surface area contributed by atoms with Gasteiger partial charge < -0.3 is 14.6 Å². The Morgan fingerprint density at radius 2 is 1.62 bits per heavy atom. The fourth-order valence-electron chi connectivity index (χ4n) is 0.963. The van der Waals surface area contributed by atoms with Crippen LogP contribution in [0.5, 0.6) is 0 Å². The fourth-order valence-corrected chi connectivity index (χ4v) is 0.963. The van der Waals surface area contributed by atoms with Crippen molar-refractivity contribution in [1.29, 1.82) is 0 Å². The van der Waals surface area contributed by atoms with Crippen molar-refractivity contribution in [2.75, 3.05) is 13.2 Å². The summed E-state index contributed by atoms with van der Waals surface area (Å²) < 4.78 is 10.5. The van der Waals surface area contributed by atoms with Gasteiger partial charge in [-0.1, -0.05) is 25.8 Å². The molecule has 0 aliphatic carbocycles. The van der Waals surface area contributed by atoms with E-state index < -0.39 is 12.4 Å². The highest BCUT2D eigenvalue weighted by molar-refractivity contribution is 5.14. The van der Waals surface area contributed by atoms with Gasteiger partial charge in [-0.05, 0) is 31.8 Å². The van der Waals surface area contributed by atoms with Crippen molar-refractivity contribution < 1.29 is 14.6 Å². The van der Waals surface area contributed by atoms with Crippen LogP contribution in [0.1, 0.15) is 27.7 Å². The SMILES string of the molecule is CCOC(C#C[C@@H](O)/C=C/C(C)C)OCC. The first-order chi connectivity index (χ1) is 7.60. The molecule has 0 saturated heterocycles. The quantitative estimate of drug-likeness (QED) is 0.427. The molecule has 0 aromatic rings. The molecule has 0 aliphatic rings. The van der Waals surface area contributed by atoms with Gasteiger partial charge >= 0.3 is 0 Å². The zero-order valence-electron chi connectivity index (χ0n) is 10.6. The lowest BCUT2D eigenvalue weighted by Gasteiger charge is -2.09. The van der Waals surface area contributed by atoms with Gasteiger partial charge in [-0.2, -0.15) is 0 Å². The second kappa shape index (κ2) is 9.41. The number of aliphatic hydroxyl groups is 1. The van der Waals surface area contributed by atoms with Crippen LogP contribution in [-0.4, -0.2) is 30.7 Å². The standard InChI is InChI=1S/C13H22O3/c1-5-15-13(16-6-2)10-9-12(14)8-7-11(3)4/h7-8,11-14H,5-6H2,1-4H3/b8-7+/t12-/m0/s1. The molecule has 1 N–H and O–H groups in total. The van der Waals surface area contributed by atoms with Crippen LogP contribution < -0.4 is 0 Å². The second-order valence-electron chi connectivity index (χ2n) is 3.61. The summed E-state index contributed by atoms with van der Waals surface area (Å²) in [5.74, 6) is 5.83. The number of aliphatic hydroxyl groups excluding tert-OH is 1. The van der Waals surface area contributed by atoms with Gasteiger partial charge in [0, 0.05) is 13.2 Å². The van der Waals surface area contributed by atoms with Crippen molar-refractivity contribution in [2.45, 2.75) is 40.1 Å². The Balaban J connectivity index is 4.20. The molecule has 16 heavy (non-hydrogen) atoms. The van der Waals surface area contributed by atoms with Crippen LogP contribution in [0, 0.1) is 17.8 Å². The Bertz CT molecular complexity index is 242. The Hall–Kier alpha value is -0.820. The molecule has 3 heteroatoms. The topological polar surface area (TPSA) is 38.7 Å². The summed E-state index contributed by atoms with van der Waals surface area (Å²) in [5.41, 5.74) is 0. The number of allylic oxidation sites excluding steroid dienone is 1. The van der Waals surface area contributed by atoms with Crippen LogP contribution in [0.3, 0.4) is 0 Å². The lowest BCUT2D eigenvalue weighted by molar-refractivity contribution is -0.0971. The highest BCUT2D eigenvalue weighted by atomic mass is 16.7. The van der Waals surface area contributed by atoms with Crippen molar-refractivity contribution >= 4 is 0 Å². The Morgan fingerprint density at radius 1 is 1.06 bits per heavy atom. The van der Waals surface area contributed by atoms with Crippen LogP contribution in [0.4, 0.5) is 0 Å². The zero-order chi connectivity index (χ0) is 12.4. The largest absolute Gasteiger partial charge is 0.377 e. The summed E-state index contributed by atoms with van der Waals surface area (Å²) in [6, 6.07) is 0. The van der Waals surface area contributed by atoms with Gasteiger partial charge in [0.05, 0.1) is 0 Å². The molecule has 0 amide bonds.